The largest absolute Gasteiger partial charge is 0.377 e. The summed E-state index contributed by atoms with van der Waals surface area (Å²) in [7, 11) is 1.81. The third kappa shape index (κ3) is 4.71. The van der Waals surface area contributed by atoms with Gasteiger partial charge in [0.25, 0.3) is 0 Å². The third-order valence-corrected chi connectivity index (χ3v) is 3.57. The fourth-order valence-electron chi connectivity index (χ4n) is 2.28. The number of carbonyl (C=O) groups excluding carboxylic acids is 1. The predicted molar refractivity (Wildman–Crippen MR) is 81.3 cm³/mol. The summed E-state index contributed by atoms with van der Waals surface area (Å²) >= 11 is 0. The summed E-state index contributed by atoms with van der Waals surface area (Å²) in [5.74, 6) is 0.716. The molecule has 0 atom stereocenters. The summed E-state index contributed by atoms with van der Waals surface area (Å²) in [4.78, 5) is 16.3. The molecular weight excluding hydrogens is 270 g/mol. The summed E-state index contributed by atoms with van der Waals surface area (Å²) in [5.41, 5.74) is 0. The monoisotopic (exact) mass is 295 g/mol. The molecule has 1 aliphatic rings. The molecule has 2 rings (SSSR count). The van der Waals surface area contributed by atoms with Gasteiger partial charge in [0.2, 0.25) is 0 Å². The van der Waals surface area contributed by atoms with Crippen LogP contribution in [0.3, 0.4) is 0 Å². The number of amides is 2. The van der Waals surface area contributed by atoms with Crippen molar-refractivity contribution in [1.82, 2.24) is 19.6 Å². The molecule has 1 fully saturated rings. The highest BCUT2D eigenvalue weighted by atomic mass is 16.5. The molecule has 1 saturated heterocycles. The average molecular weight is 295 g/mol. The van der Waals surface area contributed by atoms with Crippen LogP contribution in [0, 0.1) is 0 Å². The van der Waals surface area contributed by atoms with E-state index < -0.39 is 0 Å². The van der Waals surface area contributed by atoms with Crippen molar-refractivity contribution < 1.29 is 9.53 Å². The smallest absolute Gasteiger partial charge is 0.323 e. The first kappa shape index (κ1) is 15.8. The van der Waals surface area contributed by atoms with Crippen LogP contribution in [0.25, 0.3) is 0 Å². The van der Waals surface area contributed by atoms with Gasteiger partial charge < -0.3 is 9.64 Å². The van der Waals surface area contributed by atoms with E-state index in [0.29, 0.717) is 5.82 Å². The molecule has 0 bridgehead atoms. The molecule has 0 aromatic carbocycles. The Labute approximate surface area is 125 Å². The number of anilines is 1. The van der Waals surface area contributed by atoms with Gasteiger partial charge in [-0.3, -0.25) is 14.9 Å². The Bertz CT molecular complexity index is 452. The molecule has 1 aromatic heterocycles. The van der Waals surface area contributed by atoms with Crippen molar-refractivity contribution in [2.45, 2.75) is 20.0 Å². The molecule has 0 aliphatic carbocycles. The van der Waals surface area contributed by atoms with Crippen molar-refractivity contribution in [3.63, 3.8) is 0 Å². The number of urea groups is 1. The zero-order chi connectivity index (χ0) is 15.2. The maximum absolute atomic E-state index is 12.2. The molecule has 0 radical (unpaired) electrons. The molecule has 1 aliphatic heterocycles. The second-order valence-corrected chi connectivity index (χ2v) is 5.52. The summed E-state index contributed by atoms with van der Waals surface area (Å²) in [6.45, 7) is 9.02. The van der Waals surface area contributed by atoms with Gasteiger partial charge in [-0.1, -0.05) is 0 Å². The number of hydrogen-bond donors (Lipinski definition) is 1. The summed E-state index contributed by atoms with van der Waals surface area (Å²) in [5, 5.41) is 6.91. The lowest BCUT2D eigenvalue weighted by atomic mass is 10.3. The van der Waals surface area contributed by atoms with Crippen LogP contribution in [0.2, 0.25) is 0 Å². The van der Waals surface area contributed by atoms with Crippen LogP contribution in [-0.4, -0.2) is 71.0 Å². The lowest BCUT2D eigenvalue weighted by Crippen LogP contribution is -2.50. The van der Waals surface area contributed by atoms with Gasteiger partial charge in [-0.05, 0) is 13.8 Å². The molecule has 0 unspecified atom stereocenters. The van der Waals surface area contributed by atoms with Gasteiger partial charge in [-0.25, -0.2) is 4.79 Å². The van der Waals surface area contributed by atoms with Gasteiger partial charge >= 0.3 is 6.03 Å². The minimum atomic E-state index is -0.0586. The van der Waals surface area contributed by atoms with Gasteiger partial charge in [0.05, 0.1) is 18.9 Å². The molecule has 118 valence electrons. The quantitative estimate of drug-likeness (QED) is 0.880. The number of carbonyl (C=O) groups is 1. The molecule has 1 N–H and O–H groups in total. The van der Waals surface area contributed by atoms with Crippen LogP contribution < -0.4 is 5.32 Å². The van der Waals surface area contributed by atoms with E-state index >= 15 is 0 Å². The number of ether oxygens (including phenoxy) is 1. The standard InChI is InChI=1S/C14H25N5O2/c1-12(2)21-11-10-18-6-8-19(9-7-18)14(20)16-13-4-5-15-17(13)3/h4-5,12H,6-11H2,1-3H3,(H,16,20). The van der Waals surface area contributed by atoms with Gasteiger partial charge in [0.1, 0.15) is 5.82 Å². The van der Waals surface area contributed by atoms with Crippen molar-refractivity contribution in [3.05, 3.63) is 12.3 Å². The Hall–Kier alpha value is -1.60. The van der Waals surface area contributed by atoms with Crippen LogP contribution in [0.4, 0.5) is 10.6 Å². The van der Waals surface area contributed by atoms with E-state index in [4.69, 9.17) is 4.74 Å². The molecular formula is C14H25N5O2. The second kappa shape index (κ2) is 7.42. The lowest BCUT2D eigenvalue weighted by Gasteiger charge is -2.34. The van der Waals surface area contributed by atoms with E-state index in [9.17, 15) is 4.79 Å². The van der Waals surface area contributed by atoms with Crippen LogP contribution in [0.15, 0.2) is 12.3 Å². The van der Waals surface area contributed by atoms with E-state index in [0.717, 1.165) is 39.3 Å². The van der Waals surface area contributed by atoms with Crippen molar-refractivity contribution in [1.29, 1.82) is 0 Å². The van der Waals surface area contributed by atoms with Crippen molar-refractivity contribution in [2.24, 2.45) is 7.05 Å². The van der Waals surface area contributed by atoms with Gasteiger partial charge in [0, 0.05) is 45.8 Å². The molecule has 7 heteroatoms. The van der Waals surface area contributed by atoms with Gasteiger partial charge in [-0.15, -0.1) is 0 Å². The highest BCUT2D eigenvalue weighted by molar-refractivity contribution is 5.88. The van der Waals surface area contributed by atoms with E-state index in [-0.39, 0.29) is 12.1 Å². The maximum Gasteiger partial charge on any atom is 0.323 e. The average Bonchev–Trinajstić information content (AvgIpc) is 2.84. The Kier molecular flexibility index (Phi) is 5.58. The fraction of sp³-hybridized carbons (Fsp3) is 0.714. The number of rotatable bonds is 5. The zero-order valence-electron chi connectivity index (χ0n) is 13.1. The number of nitrogens with zero attached hydrogens (tertiary/aromatic N) is 4. The maximum atomic E-state index is 12.2. The highest BCUT2D eigenvalue weighted by Crippen LogP contribution is 2.08. The molecule has 7 nitrogen and oxygen atoms in total. The van der Waals surface area contributed by atoms with E-state index in [2.05, 4.69) is 15.3 Å². The van der Waals surface area contributed by atoms with Crippen molar-refractivity contribution >= 4 is 11.8 Å². The van der Waals surface area contributed by atoms with Crippen LogP contribution in [-0.2, 0) is 11.8 Å². The predicted octanol–water partition coefficient (Wildman–Crippen LogP) is 0.995. The number of hydrogen-bond acceptors (Lipinski definition) is 4. The lowest BCUT2D eigenvalue weighted by molar-refractivity contribution is 0.0493. The SMILES string of the molecule is CC(C)OCCN1CCN(C(=O)Nc2ccnn2C)CC1. The number of nitrogens with one attached hydrogen (secondary N) is 1. The van der Waals surface area contributed by atoms with Crippen LogP contribution in [0.5, 0.6) is 0 Å². The number of piperazine rings is 1. The zero-order valence-corrected chi connectivity index (χ0v) is 13.1. The van der Waals surface area contributed by atoms with Crippen LogP contribution in [0.1, 0.15) is 13.8 Å². The molecule has 0 saturated carbocycles. The van der Waals surface area contributed by atoms with E-state index in [1.54, 1.807) is 16.9 Å². The summed E-state index contributed by atoms with van der Waals surface area (Å²) in [6, 6.07) is 1.73. The minimum Gasteiger partial charge on any atom is -0.377 e. The Morgan fingerprint density at radius 1 is 1.38 bits per heavy atom. The Morgan fingerprint density at radius 2 is 2.10 bits per heavy atom. The second-order valence-electron chi connectivity index (χ2n) is 5.52. The molecule has 2 amide bonds. The van der Waals surface area contributed by atoms with E-state index in [1.807, 2.05) is 25.8 Å². The Morgan fingerprint density at radius 3 is 2.67 bits per heavy atom. The van der Waals surface area contributed by atoms with Crippen molar-refractivity contribution in [3.8, 4) is 0 Å². The van der Waals surface area contributed by atoms with Gasteiger partial charge in [0.15, 0.2) is 0 Å². The number of aryl methyl sites for hydroxylation is 1. The first-order chi connectivity index (χ1) is 10.1. The number of aromatic nitrogens is 2. The van der Waals surface area contributed by atoms with Crippen LogP contribution >= 0.6 is 0 Å². The molecule has 21 heavy (non-hydrogen) atoms. The summed E-state index contributed by atoms with van der Waals surface area (Å²) < 4.78 is 7.21. The molecule has 0 spiro atoms. The Balaban J connectivity index is 1.71. The fourth-order valence-corrected chi connectivity index (χ4v) is 2.28. The van der Waals surface area contributed by atoms with E-state index in [1.165, 1.54) is 0 Å². The van der Waals surface area contributed by atoms with Gasteiger partial charge in [-0.2, -0.15) is 5.10 Å². The highest BCUT2D eigenvalue weighted by Gasteiger charge is 2.21. The molecule has 1 aromatic rings. The first-order valence-corrected chi connectivity index (χ1v) is 7.44. The minimum absolute atomic E-state index is 0.0586. The van der Waals surface area contributed by atoms with Crippen molar-refractivity contribution in [2.75, 3.05) is 44.6 Å². The topological polar surface area (TPSA) is 62.6 Å². The molecule has 2 heterocycles. The third-order valence-electron chi connectivity index (χ3n) is 3.57. The summed E-state index contributed by atoms with van der Waals surface area (Å²) in [6.07, 6.45) is 1.94. The first-order valence-electron chi connectivity index (χ1n) is 7.44. The normalized spacial score (nSPS) is 16.5.